The van der Waals surface area contributed by atoms with Gasteiger partial charge < -0.3 is 10.1 Å². The van der Waals surface area contributed by atoms with Crippen molar-refractivity contribution >= 4 is 27.7 Å². The molecular weight excluding hydrogens is 348 g/mol. The number of hydrogen-bond acceptors (Lipinski definition) is 6. The highest BCUT2D eigenvalue weighted by atomic mass is 32.2. The Balaban J connectivity index is 2.62. The molecule has 0 fully saturated rings. The van der Waals surface area contributed by atoms with E-state index in [2.05, 4.69) is 10.6 Å². The topological polar surface area (TPSA) is 119 Å². The molecule has 0 aromatic heterocycles. The van der Waals surface area contributed by atoms with Crippen molar-refractivity contribution in [2.45, 2.75) is 38.7 Å². The number of nitrogens with one attached hydrogen (secondary N) is 2. The minimum absolute atomic E-state index is 0.133. The monoisotopic (exact) mass is 370 g/mol. The predicted octanol–water partition coefficient (Wildman–Crippen LogP) is 1.01. The summed E-state index contributed by atoms with van der Waals surface area (Å²) in [6, 6.07) is 5.01. The summed E-state index contributed by atoms with van der Waals surface area (Å²) in [7, 11) is -3.17. The molecule has 9 heteroatoms. The van der Waals surface area contributed by atoms with Gasteiger partial charge in [-0.2, -0.15) is 0 Å². The Hall–Kier alpha value is -2.42. The fourth-order valence-corrected chi connectivity index (χ4v) is 2.63. The SMILES string of the molecule is CC(C)NC(=O)NC(=O)[C@@H](C)OC(=O)c1ccc(CS(C)(=O)=O)cc1. The average molecular weight is 370 g/mol. The Morgan fingerprint density at radius 1 is 1.08 bits per heavy atom. The number of carbonyl (C=O) groups is 3. The summed E-state index contributed by atoms with van der Waals surface area (Å²) >= 11 is 0. The highest BCUT2D eigenvalue weighted by molar-refractivity contribution is 7.89. The maximum absolute atomic E-state index is 12.0. The second-order valence-electron chi connectivity index (χ2n) is 5.93. The lowest BCUT2D eigenvalue weighted by Gasteiger charge is -2.14. The van der Waals surface area contributed by atoms with E-state index in [9.17, 15) is 22.8 Å². The van der Waals surface area contributed by atoms with E-state index in [1.165, 1.54) is 31.2 Å². The van der Waals surface area contributed by atoms with Crippen LogP contribution in [0.15, 0.2) is 24.3 Å². The fourth-order valence-electron chi connectivity index (χ4n) is 1.83. The molecule has 25 heavy (non-hydrogen) atoms. The van der Waals surface area contributed by atoms with E-state index < -0.39 is 33.8 Å². The maximum atomic E-state index is 12.0. The van der Waals surface area contributed by atoms with Gasteiger partial charge in [0, 0.05) is 12.3 Å². The van der Waals surface area contributed by atoms with E-state index in [0.717, 1.165) is 6.26 Å². The molecule has 3 amide bonds. The van der Waals surface area contributed by atoms with Crippen molar-refractivity contribution in [3.8, 4) is 0 Å². The van der Waals surface area contributed by atoms with Gasteiger partial charge in [0.05, 0.1) is 11.3 Å². The Labute approximate surface area is 146 Å². The summed E-state index contributed by atoms with van der Waals surface area (Å²) in [5.41, 5.74) is 0.707. The predicted molar refractivity (Wildman–Crippen MR) is 91.7 cm³/mol. The first-order chi connectivity index (χ1) is 11.5. The van der Waals surface area contributed by atoms with Crippen molar-refractivity contribution in [1.82, 2.24) is 10.6 Å². The summed E-state index contributed by atoms with van der Waals surface area (Å²) in [5, 5.41) is 4.55. The number of benzene rings is 1. The number of ether oxygens (including phenoxy) is 1. The van der Waals surface area contributed by atoms with Gasteiger partial charge in [0.15, 0.2) is 15.9 Å². The minimum Gasteiger partial charge on any atom is -0.449 e. The molecule has 0 bridgehead atoms. The first-order valence-electron chi connectivity index (χ1n) is 7.57. The van der Waals surface area contributed by atoms with Crippen molar-refractivity contribution in [2.75, 3.05) is 6.26 Å². The van der Waals surface area contributed by atoms with Gasteiger partial charge in [0.1, 0.15) is 0 Å². The van der Waals surface area contributed by atoms with Gasteiger partial charge in [-0.1, -0.05) is 12.1 Å². The zero-order valence-corrected chi connectivity index (χ0v) is 15.3. The molecule has 0 radical (unpaired) electrons. The Bertz CT molecular complexity index is 740. The average Bonchev–Trinajstić information content (AvgIpc) is 2.45. The first kappa shape index (κ1) is 20.6. The van der Waals surface area contributed by atoms with Crippen molar-refractivity contribution < 1.29 is 27.5 Å². The molecule has 1 rings (SSSR count). The third kappa shape index (κ3) is 7.79. The lowest BCUT2D eigenvalue weighted by molar-refractivity contribution is -0.127. The van der Waals surface area contributed by atoms with Crippen LogP contribution in [0, 0.1) is 0 Å². The quantitative estimate of drug-likeness (QED) is 0.722. The number of urea groups is 1. The molecule has 1 aromatic rings. The van der Waals surface area contributed by atoms with E-state index >= 15 is 0 Å². The second-order valence-corrected chi connectivity index (χ2v) is 8.07. The molecule has 0 unspecified atom stereocenters. The minimum atomic E-state index is -3.17. The normalized spacial score (nSPS) is 12.4. The molecule has 0 heterocycles. The van der Waals surface area contributed by atoms with Gasteiger partial charge in [-0.05, 0) is 38.5 Å². The van der Waals surface area contributed by atoms with Crippen LogP contribution in [0.25, 0.3) is 0 Å². The highest BCUT2D eigenvalue weighted by Gasteiger charge is 2.21. The van der Waals surface area contributed by atoms with Crippen LogP contribution in [0.4, 0.5) is 4.79 Å². The molecule has 0 saturated heterocycles. The van der Waals surface area contributed by atoms with Crippen molar-refractivity contribution in [2.24, 2.45) is 0 Å². The van der Waals surface area contributed by atoms with Crippen molar-refractivity contribution in [3.63, 3.8) is 0 Å². The van der Waals surface area contributed by atoms with Gasteiger partial charge in [0.25, 0.3) is 5.91 Å². The first-order valence-corrected chi connectivity index (χ1v) is 9.63. The number of hydrogen-bond donors (Lipinski definition) is 2. The number of amides is 3. The van der Waals surface area contributed by atoms with Crippen LogP contribution in [0.1, 0.15) is 36.7 Å². The number of rotatable bonds is 6. The number of carbonyl (C=O) groups excluding carboxylic acids is 3. The van der Waals surface area contributed by atoms with Crippen LogP contribution in [-0.4, -0.2) is 44.7 Å². The zero-order valence-electron chi connectivity index (χ0n) is 14.5. The van der Waals surface area contributed by atoms with Crippen LogP contribution in [0.3, 0.4) is 0 Å². The summed E-state index contributed by atoms with van der Waals surface area (Å²) in [5.74, 6) is -1.63. The molecule has 2 N–H and O–H groups in total. The molecule has 1 aromatic carbocycles. The number of sulfone groups is 1. The van der Waals surface area contributed by atoms with Crippen LogP contribution < -0.4 is 10.6 Å². The molecule has 1 atom stereocenters. The second kappa shape index (κ2) is 8.61. The molecule has 138 valence electrons. The molecule has 8 nitrogen and oxygen atoms in total. The van der Waals surface area contributed by atoms with Gasteiger partial charge in [-0.3, -0.25) is 10.1 Å². The molecule has 0 aliphatic heterocycles. The number of esters is 1. The largest absolute Gasteiger partial charge is 0.449 e. The number of imide groups is 1. The summed E-state index contributed by atoms with van der Waals surface area (Å²) in [4.78, 5) is 35.2. The highest BCUT2D eigenvalue weighted by Crippen LogP contribution is 2.10. The Morgan fingerprint density at radius 3 is 2.12 bits per heavy atom. The van der Waals surface area contributed by atoms with Crippen LogP contribution in [0.2, 0.25) is 0 Å². The summed E-state index contributed by atoms with van der Waals surface area (Å²) < 4.78 is 27.4. The molecule has 0 aliphatic carbocycles. The van der Waals surface area contributed by atoms with Crippen LogP contribution in [0.5, 0.6) is 0 Å². The van der Waals surface area contributed by atoms with Crippen LogP contribution in [-0.2, 0) is 25.1 Å². The molecule has 0 aliphatic rings. The van der Waals surface area contributed by atoms with Gasteiger partial charge >= 0.3 is 12.0 Å². The lowest BCUT2D eigenvalue weighted by atomic mass is 10.1. The lowest BCUT2D eigenvalue weighted by Crippen LogP contribution is -2.46. The van der Waals surface area contributed by atoms with Crippen molar-refractivity contribution in [3.05, 3.63) is 35.4 Å². The van der Waals surface area contributed by atoms with Crippen molar-refractivity contribution in [1.29, 1.82) is 0 Å². The van der Waals surface area contributed by atoms with Gasteiger partial charge in [-0.25, -0.2) is 18.0 Å². The van der Waals surface area contributed by atoms with Gasteiger partial charge in [-0.15, -0.1) is 0 Å². The van der Waals surface area contributed by atoms with E-state index in [4.69, 9.17) is 4.74 Å². The maximum Gasteiger partial charge on any atom is 0.338 e. The molecular formula is C16H22N2O6S. The zero-order chi connectivity index (χ0) is 19.2. The third-order valence-electron chi connectivity index (χ3n) is 2.93. The van der Waals surface area contributed by atoms with E-state index in [1.807, 2.05) is 0 Å². The standard InChI is InChI=1S/C16H22N2O6S/c1-10(2)17-16(21)18-14(19)11(3)24-15(20)13-7-5-12(6-8-13)9-25(4,22)23/h5-8,10-11H,9H2,1-4H3,(H2,17,18,19,21)/t11-/m1/s1. The molecule has 0 saturated carbocycles. The molecule has 0 spiro atoms. The van der Waals surface area contributed by atoms with E-state index in [-0.39, 0.29) is 17.4 Å². The van der Waals surface area contributed by atoms with Gasteiger partial charge in [0.2, 0.25) is 0 Å². The Kier molecular flexibility index (Phi) is 7.10. The van der Waals surface area contributed by atoms with Crippen LogP contribution >= 0.6 is 0 Å². The fraction of sp³-hybridized carbons (Fsp3) is 0.438. The summed E-state index contributed by atoms with van der Waals surface area (Å²) in [6.07, 6.45) is -0.0497. The third-order valence-corrected chi connectivity index (χ3v) is 3.79. The smallest absolute Gasteiger partial charge is 0.338 e. The summed E-state index contributed by atoms with van der Waals surface area (Å²) in [6.45, 7) is 4.82. The van der Waals surface area contributed by atoms with E-state index in [1.54, 1.807) is 13.8 Å². The Morgan fingerprint density at radius 2 is 1.64 bits per heavy atom. The van der Waals surface area contributed by atoms with E-state index in [0.29, 0.717) is 5.56 Å².